The fraction of sp³-hybridized carbons (Fsp3) is 0.846. The van der Waals surface area contributed by atoms with Crippen LogP contribution in [0, 0.1) is 5.92 Å². The van der Waals surface area contributed by atoms with Gasteiger partial charge in [0, 0.05) is 19.1 Å². The number of rotatable bonds is 6. The molecule has 0 radical (unpaired) electrons. The van der Waals surface area contributed by atoms with Crippen molar-refractivity contribution >= 4 is 0 Å². The molecular weight excluding hydrogens is 230 g/mol. The zero-order valence-electron chi connectivity index (χ0n) is 11.5. The molecule has 102 valence electrons. The van der Waals surface area contributed by atoms with Gasteiger partial charge in [-0.3, -0.25) is 0 Å². The lowest BCUT2D eigenvalue weighted by molar-refractivity contribution is 0.0829. The molecule has 2 rings (SSSR count). The van der Waals surface area contributed by atoms with Gasteiger partial charge in [-0.2, -0.15) is 4.98 Å². The van der Waals surface area contributed by atoms with Gasteiger partial charge in [-0.15, -0.1) is 0 Å². The maximum Gasteiger partial charge on any atom is 0.226 e. The van der Waals surface area contributed by atoms with E-state index < -0.39 is 0 Å². The van der Waals surface area contributed by atoms with E-state index in [1.165, 1.54) is 0 Å². The van der Waals surface area contributed by atoms with Gasteiger partial charge in [0.15, 0.2) is 5.82 Å². The Morgan fingerprint density at radius 3 is 2.89 bits per heavy atom. The summed E-state index contributed by atoms with van der Waals surface area (Å²) in [5.74, 6) is 2.00. The van der Waals surface area contributed by atoms with Crippen molar-refractivity contribution in [3.63, 3.8) is 0 Å². The highest BCUT2D eigenvalue weighted by Gasteiger charge is 2.22. The lowest BCUT2D eigenvalue weighted by atomic mass is 10.1. The Hall–Kier alpha value is -0.940. The van der Waals surface area contributed by atoms with Crippen LogP contribution in [0.5, 0.6) is 0 Å². The molecule has 0 aromatic carbocycles. The third kappa shape index (κ3) is 3.78. The number of nitrogens with zero attached hydrogens (tertiary/aromatic N) is 2. The Morgan fingerprint density at radius 1 is 1.39 bits per heavy atom. The molecule has 1 aliphatic rings. The first-order chi connectivity index (χ1) is 8.65. The molecule has 1 aromatic rings. The second-order valence-corrected chi connectivity index (χ2v) is 5.42. The van der Waals surface area contributed by atoms with Crippen LogP contribution in [0.1, 0.15) is 45.3 Å². The van der Waals surface area contributed by atoms with Crippen molar-refractivity contribution in [1.82, 2.24) is 15.5 Å². The monoisotopic (exact) mass is 253 g/mol. The van der Waals surface area contributed by atoms with Crippen LogP contribution < -0.4 is 5.32 Å². The Bertz CT molecular complexity index is 359. The van der Waals surface area contributed by atoms with Gasteiger partial charge in [-0.1, -0.05) is 19.0 Å². The molecule has 1 aliphatic heterocycles. The van der Waals surface area contributed by atoms with E-state index in [0.29, 0.717) is 24.6 Å². The third-order valence-electron chi connectivity index (χ3n) is 3.20. The molecule has 5 heteroatoms. The molecule has 0 saturated carbocycles. The molecule has 0 amide bonds. The third-order valence-corrected chi connectivity index (χ3v) is 3.20. The van der Waals surface area contributed by atoms with Crippen LogP contribution >= 0.6 is 0 Å². The maximum atomic E-state index is 5.63. The molecule has 2 heterocycles. The van der Waals surface area contributed by atoms with Gasteiger partial charge in [0.25, 0.3) is 0 Å². The minimum absolute atomic E-state index is 0.326. The van der Waals surface area contributed by atoms with Crippen molar-refractivity contribution in [2.45, 2.75) is 58.7 Å². The summed E-state index contributed by atoms with van der Waals surface area (Å²) in [5, 5.41) is 7.38. The van der Waals surface area contributed by atoms with E-state index >= 15 is 0 Å². The summed E-state index contributed by atoms with van der Waals surface area (Å²) in [6.45, 7) is 7.95. The Labute approximate surface area is 108 Å². The normalized spacial score (nSPS) is 21.7. The SMILES string of the molecule is CC(C)Cc1nc(CN[C@@H](C)[C@@H]2CCCO2)no1. The highest BCUT2D eigenvalue weighted by molar-refractivity contribution is 4.88. The zero-order chi connectivity index (χ0) is 13.0. The molecule has 0 aliphatic carbocycles. The predicted octanol–water partition coefficient (Wildman–Crippen LogP) is 1.93. The summed E-state index contributed by atoms with van der Waals surface area (Å²) in [4.78, 5) is 4.37. The van der Waals surface area contributed by atoms with E-state index in [4.69, 9.17) is 9.26 Å². The summed E-state index contributed by atoms with van der Waals surface area (Å²) in [7, 11) is 0. The van der Waals surface area contributed by atoms with Crippen molar-refractivity contribution in [3.8, 4) is 0 Å². The smallest absolute Gasteiger partial charge is 0.226 e. The van der Waals surface area contributed by atoms with Crippen LogP contribution in [-0.4, -0.2) is 28.9 Å². The first-order valence-corrected chi connectivity index (χ1v) is 6.81. The molecule has 0 spiro atoms. The van der Waals surface area contributed by atoms with Crippen LogP contribution in [0.2, 0.25) is 0 Å². The van der Waals surface area contributed by atoms with Crippen LogP contribution in [0.25, 0.3) is 0 Å². The summed E-state index contributed by atoms with van der Waals surface area (Å²) in [6, 6.07) is 0.333. The lowest BCUT2D eigenvalue weighted by Crippen LogP contribution is -2.36. The van der Waals surface area contributed by atoms with E-state index in [1.807, 2.05) is 0 Å². The van der Waals surface area contributed by atoms with Gasteiger partial charge in [0.1, 0.15) is 0 Å². The van der Waals surface area contributed by atoms with Crippen molar-refractivity contribution in [1.29, 1.82) is 0 Å². The number of ether oxygens (including phenoxy) is 1. The molecule has 0 unspecified atom stereocenters. The van der Waals surface area contributed by atoms with Crippen molar-refractivity contribution in [3.05, 3.63) is 11.7 Å². The molecule has 0 bridgehead atoms. The molecule has 1 N–H and O–H groups in total. The number of aromatic nitrogens is 2. The standard InChI is InChI=1S/C13H23N3O2/c1-9(2)7-13-15-12(16-18-13)8-14-10(3)11-5-4-6-17-11/h9-11,14H,4-8H2,1-3H3/t10-,11-/m0/s1. The van der Waals surface area contributed by atoms with Gasteiger partial charge in [-0.25, -0.2) is 0 Å². The molecule has 1 saturated heterocycles. The number of hydrogen-bond acceptors (Lipinski definition) is 5. The molecule has 1 fully saturated rings. The largest absolute Gasteiger partial charge is 0.377 e. The molecule has 5 nitrogen and oxygen atoms in total. The Kier molecular flexibility index (Phi) is 4.72. The second kappa shape index (κ2) is 6.29. The van der Waals surface area contributed by atoms with Crippen LogP contribution in [0.3, 0.4) is 0 Å². The van der Waals surface area contributed by atoms with E-state index in [2.05, 4.69) is 36.2 Å². The maximum absolute atomic E-state index is 5.63. The average molecular weight is 253 g/mol. The van der Waals surface area contributed by atoms with Gasteiger partial charge in [0.05, 0.1) is 12.6 Å². The molecular formula is C13H23N3O2. The van der Waals surface area contributed by atoms with E-state index in [1.54, 1.807) is 0 Å². The van der Waals surface area contributed by atoms with E-state index in [9.17, 15) is 0 Å². The fourth-order valence-corrected chi connectivity index (χ4v) is 2.17. The highest BCUT2D eigenvalue weighted by atomic mass is 16.5. The van der Waals surface area contributed by atoms with Gasteiger partial charge in [0.2, 0.25) is 5.89 Å². The van der Waals surface area contributed by atoms with Crippen molar-refractivity contribution in [2.24, 2.45) is 5.92 Å². The summed E-state index contributed by atoms with van der Waals surface area (Å²) in [6.07, 6.45) is 3.47. The topological polar surface area (TPSA) is 60.2 Å². The molecule has 2 atom stereocenters. The zero-order valence-corrected chi connectivity index (χ0v) is 11.5. The van der Waals surface area contributed by atoms with Gasteiger partial charge in [-0.05, 0) is 25.7 Å². The fourth-order valence-electron chi connectivity index (χ4n) is 2.17. The van der Waals surface area contributed by atoms with Crippen LogP contribution in [-0.2, 0) is 17.7 Å². The Balaban J connectivity index is 1.77. The van der Waals surface area contributed by atoms with Crippen molar-refractivity contribution < 1.29 is 9.26 Å². The predicted molar refractivity (Wildman–Crippen MR) is 68.1 cm³/mol. The summed E-state index contributed by atoms with van der Waals surface area (Å²) < 4.78 is 10.8. The number of hydrogen-bond donors (Lipinski definition) is 1. The molecule has 18 heavy (non-hydrogen) atoms. The minimum Gasteiger partial charge on any atom is -0.377 e. The summed E-state index contributed by atoms with van der Waals surface area (Å²) in [5.41, 5.74) is 0. The second-order valence-electron chi connectivity index (χ2n) is 5.42. The minimum atomic E-state index is 0.326. The molecule has 1 aromatic heterocycles. The first-order valence-electron chi connectivity index (χ1n) is 6.81. The average Bonchev–Trinajstić information content (AvgIpc) is 2.95. The Morgan fingerprint density at radius 2 is 2.22 bits per heavy atom. The summed E-state index contributed by atoms with van der Waals surface area (Å²) >= 11 is 0. The van der Waals surface area contributed by atoms with Gasteiger partial charge < -0.3 is 14.6 Å². The van der Waals surface area contributed by atoms with E-state index in [0.717, 1.165) is 37.6 Å². The van der Waals surface area contributed by atoms with Crippen LogP contribution in [0.15, 0.2) is 4.52 Å². The number of nitrogens with one attached hydrogen (secondary N) is 1. The quantitative estimate of drug-likeness (QED) is 0.839. The van der Waals surface area contributed by atoms with Crippen molar-refractivity contribution in [2.75, 3.05) is 6.61 Å². The van der Waals surface area contributed by atoms with Crippen LogP contribution in [0.4, 0.5) is 0 Å². The first kappa shape index (κ1) is 13.5. The highest BCUT2D eigenvalue weighted by Crippen LogP contribution is 2.15. The van der Waals surface area contributed by atoms with E-state index in [-0.39, 0.29) is 0 Å². The lowest BCUT2D eigenvalue weighted by Gasteiger charge is -2.18. The van der Waals surface area contributed by atoms with Gasteiger partial charge >= 0.3 is 0 Å².